The van der Waals surface area contributed by atoms with Gasteiger partial charge in [0.05, 0.1) is 11.4 Å². The Hall–Kier alpha value is -4.01. The monoisotopic (exact) mass is 432 g/mol. The van der Waals surface area contributed by atoms with Gasteiger partial charge < -0.3 is 14.6 Å². The molecule has 1 aromatic carbocycles. The largest absolute Gasteiger partial charge is 0.438 e. The second kappa shape index (κ2) is 9.01. The van der Waals surface area contributed by atoms with Crippen molar-refractivity contribution in [2.45, 2.75) is 40.5 Å². The molecule has 0 spiro atoms. The third-order valence-electron chi connectivity index (χ3n) is 5.27. The maximum atomic E-state index is 12.3. The van der Waals surface area contributed by atoms with E-state index in [1.54, 1.807) is 36.7 Å². The average Bonchev–Trinajstić information content (AvgIpc) is 3.29. The van der Waals surface area contributed by atoms with Gasteiger partial charge in [-0.05, 0) is 64.4 Å². The molecule has 1 amide bonds. The molecule has 4 aromatic rings. The first-order chi connectivity index (χ1) is 15.4. The Balaban J connectivity index is 1.32. The lowest BCUT2D eigenvalue weighted by Crippen LogP contribution is -2.12. The van der Waals surface area contributed by atoms with Crippen molar-refractivity contribution in [1.29, 1.82) is 0 Å². The number of amides is 1. The summed E-state index contributed by atoms with van der Waals surface area (Å²) in [5.41, 5.74) is 4.45. The topological polar surface area (TPSA) is 108 Å². The molecule has 32 heavy (non-hydrogen) atoms. The van der Waals surface area contributed by atoms with Crippen LogP contribution < -0.4 is 10.1 Å². The molecular formula is C23H24N6O3. The van der Waals surface area contributed by atoms with Gasteiger partial charge in [-0.2, -0.15) is 0 Å². The van der Waals surface area contributed by atoms with E-state index in [-0.39, 0.29) is 5.91 Å². The molecule has 0 fully saturated rings. The number of carbonyl (C=O) groups is 1. The van der Waals surface area contributed by atoms with Crippen LogP contribution in [0.25, 0.3) is 5.82 Å². The van der Waals surface area contributed by atoms with E-state index in [0.29, 0.717) is 36.0 Å². The minimum absolute atomic E-state index is 0.0786. The first-order valence-corrected chi connectivity index (χ1v) is 10.2. The zero-order valence-corrected chi connectivity index (χ0v) is 18.4. The number of benzene rings is 1. The van der Waals surface area contributed by atoms with E-state index in [1.165, 1.54) is 0 Å². The van der Waals surface area contributed by atoms with Crippen molar-refractivity contribution < 1.29 is 14.1 Å². The molecule has 4 rings (SSSR count). The average molecular weight is 432 g/mol. The number of ether oxygens (including phenoxy) is 1. The second-order valence-electron chi connectivity index (χ2n) is 7.49. The molecule has 0 aliphatic rings. The number of hydrogen-bond acceptors (Lipinski definition) is 7. The summed E-state index contributed by atoms with van der Waals surface area (Å²) >= 11 is 0. The van der Waals surface area contributed by atoms with Crippen molar-refractivity contribution >= 4 is 11.6 Å². The fourth-order valence-corrected chi connectivity index (χ4v) is 3.27. The highest BCUT2D eigenvalue weighted by atomic mass is 16.5. The number of anilines is 1. The lowest BCUT2D eigenvalue weighted by molar-refractivity contribution is -0.116. The van der Waals surface area contributed by atoms with Gasteiger partial charge in [0, 0.05) is 29.4 Å². The van der Waals surface area contributed by atoms with E-state index in [1.807, 2.05) is 38.3 Å². The highest BCUT2D eigenvalue weighted by Crippen LogP contribution is 2.22. The van der Waals surface area contributed by atoms with Crippen molar-refractivity contribution in [3.8, 4) is 17.4 Å². The third kappa shape index (κ3) is 4.66. The van der Waals surface area contributed by atoms with Gasteiger partial charge in [-0.1, -0.05) is 5.16 Å². The molecular weight excluding hydrogens is 408 g/mol. The molecule has 1 N–H and O–H groups in total. The number of aromatic nitrogens is 5. The maximum Gasteiger partial charge on any atom is 0.238 e. The lowest BCUT2D eigenvalue weighted by Gasteiger charge is -2.08. The van der Waals surface area contributed by atoms with E-state index in [2.05, 4.69) is 25.7 Å². The van der Waals surface area contributed by atoms with Crippen molar-refractivity contribution in [3.63, 3.8) is 0 Å². The van der Waals surface area contributed by atoms with Crippen LogP contribution >= 0.6 is 0 Å². The molecule has 9 heteroatoms. The van der Waals surface area contributed by atoms with Crippen LogP contribution in [0.5, 0.6) is 11.6 Å². The molecule has 0 radical (unpaired) electrons. The predicted octanol–water partition coefficient (Wildman–Crippen LogP) is 4.25. The van der Waals surface area contributed by atoms with E-state index < -0.39 is 0 Å². The second-order valence-corrected chi connectivity index (χ2v) is 7.49. The van der Waals surface area contributed by atoms with Crippen LogP contribution in [0.4, 0.5) is 5.69 Å². The molecule has 0 unspecified atom stereocenters. The predicted molar refractivity (Wildman–Crippen MR) is 118 cm³/mol. The lowest BCUT2D eigenvalue weighted by atomic mass is 10.1. The summed E-state index contributed by atoms with van der Waals surface area (Å²) in [6, 6.07) is 10.7. The SMILES string of the molecule is Cc1noc(C)c1CCC(=O)Nc1ccc(Oc2ccc(-n3cnc(C)c3C)nn2)cc1. The van der Waals surface area contributed by atoms with Gasteiger partial charge in [-0.15, -0.1) is 10.2 Å². The van der Waals surface area contributed by atoms with Crippen LogP contribution in [0.3, 0.4) is 0 Å². The summed E-state index contributed by atoms with van der Waals surface area (Å²) in [7, 11) is 0. The summed E-state index contributed by atoms with van der Waals surface area (Å²) in [6.45, 7) is 7.65. The first-order valence-electron chi connectivity index (χ1n) is 10.2. The molecule has 9 nitrogen and oxygen atoms in total. The Morgan fingerprint density at radius 3 is 2.41 bits per heavy atom. The molecule has 0 aliphatic heterocycles. The number of rotatable bonds is 7. The van der Waals surface area contributed by atoms with Crippen molar-refractivity contribution in [2.75, 3.05) is 5.32 Å². The highest BCUT2D eigenvalue weighted by molar-refractivity contribution is 5.90. The van der Waals surface area contributed by atoms with Crippen LogP contribution in [0.15, 0.2) is 47.2 Å². The summed E-state index contributed by atoms with van der Waals surface area (Å²) in [4.78, 5) is 16.5. The fraction of sp³-hybridized carbons (Fsp3) is 0.261. The molecule has 0 saturated carbocycles. The highest BCUT2D eigenvalue weighted by Gasteiger charge is 2.12. The summed E-state index contributed by atoms with van der Waals surface area (Å²) < 4.78 is 12.8. The Bertz CT molecular complexity index is 1210. The quantitative estimate of drug-likeness (QED) is 0.465. The molecule has 0 aliphatic carbocycles. The van der Waals surface area contributed by atoms with Gasteiger partial charge >= 0.3 is 0 Å². The van der Waals surface area contributed by atoms with E-state index >= 15 is 0 Å². The molecule has 164 valence electrons. The van der Waals surface area contributed by atoms with Crippen molar-refractivity contribution in [3.05, 3.63) is 71.1 Å². The van der Waals surface area contributed by atoms with Crippen molar-refractivity contribution in [2.24, 2.45) is 0 Å². The fourth-order valence-electron chi connectivity index (χ4n) is 3.27. The molecule has 3 heterocycles. The Labute approximate surface area is 185 Å². The summed E-state index contributed by atoms with van der Waals surface area (Å²) in [5, 5.41) is 15.1. The maximum absolute atomic E-state index is 12.3. The zero-order chi connectivity index (χ0) is 22.7. The summed E-state index contributed by atoms with van der Waals surface area (Å²) in [6.07, 6.45) is 2.65. The zero-order valence-electron chi connectivity index (χ0n) is 18.4. The van der Waals surface area contributed by atoms with Crippen LogP contribution in [0.2, 0.25) is 0 Å². The minimum Gasteiger partial charge on any atom is -0.438 e. The molecule has 0 saturated heterocycles. The number of nitrogens with zero attached hydrogens (tertiary/aromatic N) is 5. The molecule has 0 atom stereocenters. The smallest absolute Gasteiger partial charge is 0.238 e. The normalized spacial score (nSPS) is 10.9. The van der Waals surface area contributed by atoms with Crippen LogP contribution in [0.1, 0.15) is 34.8 Å². The standard InChI is InChI=1S/C23H24N6O3/c1-14-16(3)29(13-24-14)21-10-12-23(27-26-21)31-19-7-5-18(6-8-19)25-22(30)11-9-20-15(2)28-32-17(20)4/h5-8,10,12-13H,9,11H2,1-4H3,(H,25,30). The van der Waals surface area contributed by atoms with Gasteiger partial charge in [0.25, 0.3) is 0 Å². The Kier molecular flexibility index (Phi) is 5.98. The van der Waals surface area contributed by atoms with Crippen molar-refractivity contribution in [1.82, 2.24) is 24.9 Å². The van der Waals surface area contributed by atoms with Crippen LogP contribution in [-0.4, -0.2) is 30.8 Å². The van der Waals surface area contributed by atoms with Gasteiger partial charge in [-0.3, -0.25) is 9.36 Å². The van der Waals surface area contributed by atoms with Gasteiger partial charge in [0.1, 0.15) is 17.8 Å². The van der Waals surface area contributed by atoms with Gasteiger partial charge in [0.15, 0.2) is 5.82 Å². The number of hydrogen-bond donors (Lipinski definition) is 1. The summed E-state index contributed by atoms with van der Waals surface area (Å²) in [5.74, 6) is 2.31. The number of carbonyl (C=O) groups excluding carboxylic acids is 1. The van der Waals surface area contributed by atoms with E-state index in [4.69, 9.17) is 9.26 Å². The number of imidazole rings is 1. The Morgan fingerprint density at radius 1 is 1.03 bits per heavy atom. The molecule has 0 bridgehead atoms. The van der Waals surface area contributed by atoms with E-state index in [9.17, 15) is 4.79 Å². The van der Waals surface area contributed by atoms with Crippen LogP contribution in [0, 0.1) is 27.7 Å². The van der Waals surface area contributed by atoms with Gasteiger partial charge in [0.2, 0.25) is 11.8 Å². The number of nitrogens with one attached hydrogen (secondary N) is 1. The molecule has 3 aromatic heterocycles. The first kappa shape index (κ1) is 21.2. The third-order valence-corrected chi connectivity index (χ3v) is 5.27. The van der Waals surface area contributed by atoms with E-state index in [0.717, 1.165) is 28.4 Å². The van der Waals surface area contributed by atoms with Gasteiger partial charge in [-0.25, -0.2) is 4.98 Å². The van der Waals surface area contributed by atoms with Crippen LogP contribution in [-0.2, 0) is 11.2 Å². The Morgan fingerprint density at radius 2 is 1.81 bits per heavy atom. The minimum atomic E-state index is -0.0786. The number of aryl methyl sites for hydroxylation is 3.